The number of fused-ring (bicyclic) bond motifs is 1. The van der Waals surface area contributed by atoms with Gasteiger partial charge in [-0.05, 0) is 23.6 Å². The van der Waals surface area contributed by atoms with Gasteiger partial charge in [-0.1, -0.05) is 48.5 Å². The number of nitrogens with zero attached hydrogens (tertiary/aromatic N) is 1. The lowest BCUT2D eigenvalue weighted by molar-refractivity contribution is -0.0701. The van der Waals surface area contributed by atoms with Gasteiger partial charge in [-0.3, -0.25) is 5.06 Å². The minimum atomic E-state index is 0.281. The van der Waals surface area contributed by atoms with Crippen LogP contribution in [0.1, 0.15) is 11.1 Å². The summed E-state index contributed by atoms with van der Waals surface area (Å²) in [7, 11) is 0. The van der Waals surface area contributed by atoms with Gasteiger partial charge in [0.25, 0.3) is 0 Å². The minimum Gasteiger partial charge on any atom is -0.348 e. The monoisotopic (exact) mass is 255 g/mol. The molecule has 0 aliphatic carbocycles. The number of ether oxygens (including phenoxy) is 1. The molecule has 1 aliphatic heterocycles. The van der Waals surface area contributed by atoms with Crippen molar-refractivity contribution < 1.29 is 9.57 Å². The van der Waals surface area contributed by atoms with E-state index in [4.69, 9.17) is 9.57 Å². The first-order valence-electron chi connectivity index (χ1n) is 6.53. The van der Waals surface area contributed by atoms with Crippen LogP contribution in [0, 0.1) is 0 Å². The van der Waals surface area contributed by atoms with Crippen LogP contribution in [0.4, 0.5) is 5.69 Å². The Morgan fingerprint density at radius 2 is 1.74 bits per heavy atom. The van der Waals surface area contributed by atoms with Gasteiger partial charge < -0.3 is 4.74 Å². The van der Waals surface area contributed by atoms with Crippen molar-refractivity contribution >= 4 is 5.69 Å². The Labute approximate surface area is 113 Å². The van der Waals surface area contributed by atoms with Crippen LogP contribution in [0.5, 0.6) is 0 Å². The van der Waals surface area contributed by atoms with Crippen molar-refractivity contribution in [1.29, 1.82) is 0 Å². The molecule has 0 aromatic heterocycles. The molecule has 3 heteroatoms. The van der Waals surface area contributed by atoms with Gasteiger partial charge in [0.15, 0.2) is 6.79 Å². The molecule has 1 aliphatic rings. The van der Waals surface area contributed by atoms with Crippen LogP contribution in [0.3, 0.4) is 0 Å². The molecule has 0 N–H and O–H groups in total. The molecule has 0 saturated heterocycles. The Morgan fingerprint density at radius 1 is 0.947 bits per heavy atom. The third kappa shape index (κ3) is 2.95. The number of hydrogen-bond acceptors (Lipinski definition) is 3. The van der Waals surface area contributed by atoms with E-state index < -0.39 is 0 Å². The van der Waals surface area contributed by atoms with Gasteiger partial charge >= 0.3 is 0 Å². The van der Waals surface area contributed by atoms with Crippen LogP contribution < -0.4 is 5.06 Å². The number of hydrogen-bond donors (Lipinski definition) is 0. The normalized spacial score (nSPS) is 13.6. The van der Waals surface area contributed by atoms with E-state index in [0.717, 1.165) is 24.2 Å². The molecule has 0 spiro atoms. The predicted molar refractivity (Wildman–Crippen MR) is 74.7 cm³/mol. The third-order valence-corrected chi connectivity index (χ3v) is 3.25. The molecule has 0 saturated carbocycles. The second-order valence-corrected chi connectivity index (χ2v) is 4.56. The van der Waals surface area contributed by atoms with E-state index in [1.165, 1.54) is 5.56 Å². The lowest BCUT2D eigenvalue weighted by Crippen LogP contribution is -2.22. The van der Waals surface area contributed by atoms with Gasteiger partial charge in [0.2, 0.25) is 0 Å². The molecule has 0 bridgehead atoms. The molecule has 98 valence electrons. The van der Waals surface area contributed by atoms with Crippen molar-refractivity contribution in [2.45, 2.75) is 13.0 Å². The van der Waals surface area contributed by atoms with Crippen molar-refractivity contribution in [3.8, 4) is 0 Å². The lowest BCUT2D eigenvalue weighted by atomic mass is 10.2. The summed E-state index contributed by atoms with van der Waals surface area (Å²) in [5, 5.41) is 1.92. The largest absolute Gasteiger partial charge is 0.348 e. The smallest absolute Gasteiger partial charge is 0.173 e. The maximum absolute atomic E-state index is 5.66. The summed E-state index contributed by atoms with van der Waals surface area (Å²) >= 11 is 0. The maximum Gasteiger partial charge on any atom is 0.173 e. The number of anilines is 1. The fourth-order valence-corrected chi connectivity index (χ4v) is 2.28. The maximum atomic E-state index is 5.66. The molecule has 2 aromatic rings. The fraction of sp³-hybridized carbons (Fsp3) is 0.250. The molecular formula is C16H17NO2. The second-order valence-electron chi connectivity index (χ2n) is 4.56. The first kappa shape index (κ1) is 12.2. The van der Waals surface area contributed by atoms with Crippen molar-refractivity contribution in [3.63, 3.8) is 0 Å². The zero-order valence-electron chi connectivity index (χ0n) is 10.8. The van der Waals surface area contributed by atoms with Crippen molar-refractivity contribution in [3.05, 3.63) is 65.7 Å². The summed E-state index contributed by atoms with van der Waals surface area (Å²) in [6.07, 6.45) is 1.04. The van der Waals surface area contributed by atoms with E-state index in [2.05, 4.69) is 18.2 Å². The van der Waals surface area contributed by atoms with Gasteiger partial charge in [-0.25, -0.2) is 4.84 Å². The molecule has 1 heterocycles. The van der Waals surface area contributed by atoms with Crippen molar-refractivity contribution in [2.24, 2.45) is 0 Å². The summed E-state index contributed by atoms with van der Waals surface area (Å²) in [6, 6.07) is 18.4. The van der Waals surface area contributed by atoms with Gasteiger partial charge in [0.1, 0.15) is 0 Å². The molecule has 2 aromatic carbocycles. The summed E-state index contributed by atoms with van der Waals surface area (Å²) in [5.41, 5.74) is 3.66. The average Bonchev–Trinajstić information content (AvgIpc) is 2.88. The van der Waals surface area contributed by atoms with Gasteiger partial charge in [0.05, 0.1) is 12.3 Å². The molecule has 0 unspecified atom stereocenters. The SMILES string of the molecule is c1ccc(COCON2CCc3ccccc32)cc1. The Hall–Kier alpha value is -1.84. The van der Waals surface area contributed by atoms with E-state index in [1.807, 2.05) is 41.5 Å². The molecule has 0 atom stereocenters. The van der Waals surface area contributed by atoms with Crippen LogP contribution in [0.2, 0.25) is 0 Å². The highest BCUT2D eigenvalue weighted by Crippen LogP contribution is 2.27. The number of para-hydroxylation sites is 1. The molecular weight excluding hydrogens is 238 g/mol. The Morgan fingerprint density at radius 3 is 2.63 bits per heavy atom. The standard InChI is InChI=1S/C16H17NO2/c1-2-6-14(7-3-1)12-18-13-19-17-11-10-15-8-4-5-9-16(15)17/h1-9H,10-13H2. The molecule has 0 fully saturated rings. The van der Waals surface area contributed by atoms with E-state index in [1.54, 1.807) is 0 Å². The Bertz CT molecular complexity index is 527. The minimum absolute atomic E-state index is 0.281. The first-order chi connectivity index (χ1) is 9.43. The second kappa shape index (κ2) is 5.87. The highest BCUT2D eigenvalue weighted by molar-refractivity contribution is 5.55. The number of benzene rings is 2. The highest BCUT2D eigenvalue weighted by Gasteiger charge is 2.18. The summed E-state index contributed by atoms with van der Waals surface area (Å²) in [6.45, 7) is 1.76. The van der Waals surface area contributed by atoms with Crippen molar-refractivity contribution in [1.82, 2.24) is 0 Å². The molecule has 0 amide bonds. The predicted octanol–water partition coefficient (Wildman–Crippen LogP) is 3.16. The number of rotatable bonds is 5. The van der Waals surface area contributed by atoms with E-state index >= 15 is 0 Å². The van der Waals surface area contributed by atoms with Crippen LogP contribution in [-0.4, -0.2) is 13.3 Å². The Balaban J connectivity index is 1.47. The van der Waals surface area contributed by atoms with Crippen molar-refractivity contribution in [2.75, 3.05) is 18.4 Å². The molecule has 3 nitrogen and oxygen atoms in total. The molecule has 0 radical (unpaired) electrons. The molecule has 3 rings (SSSR count). The van der Waals surface area contributed by atoms with Crippen LogP contribution in [0.15, 0.2) is 54.6 Å². The van der Waals surface area contributed by atoms with E-state index in [-0.39, 0.29) is 6.79 Å². The summed E-state index contributed by atoms with van der Waals surface area (Å²) in [5.74, 6) is 0. The van der Waals surface area contributed by atoms with E-state index in [0.29, 0.717) is 6.61 Å². The first-order valence-corrected chi connectivity index (χ1v) is 6.53. The highest BCUT2D eigenvalue weighted by atomic mass is 16.8. The van der Waals surface area contributed by atoms with Gasteiger partial charge in [-0.15, -0.1) is 0 Å². The van der Waals surface area contributed by atoms with Gasteiger partial charge in [0, 0.05) is 6.54 Å². The van der Waals surface area contributed by atoms with Crippen LogP contribution in [-0.2, 0) is 22.6 Å². The molecule has 19 heavy (non-hydrogen) atoms. The average molecular weight is 255 g/mol. The third-order valence-electron chi connectivity index (χ3n) is 3.25. The zero-order chi connectivity index (χ0) is 12.9. The van der Waals surface area contributed by atoms with Gasteiger partial charge in [-0.2, -0.15) is 0 Å². The van der Waals surface area contributed by atoms with E-state index in [9.17, 15) is 0 Å². The van der Waals surface area contributed by atoms with Crippen LogP contribution >= 0.6 is 0 Å². The zero-order valence-corrected chi connectivity index (χ0v) is 10.8. The van der Waals surface area contributed by atoms with Crippen LogP contribution in [0.25, 0.3) is 0 Å². The topological polar surface area (TPSA) is 21.7 Å². The summed E-state index contributed by atoms with van der Waals surface area (Å²) < 4.78 is 5.53. The quantitative estimate of drug-likeness (QED) is 0.605. The Kier molecular flexibility index (Phi) is 3.77. The number of hydroxylamine groups is 1. The fourth-order valence-electron chi connectivity index (χ4n) is 2.28. The summed E-state index contributed by atoms with van der Waals surface area (Å²) in [4.78, 5) is 5.66. The lowest BCUT2D eigenvalue weighted by Gasteiger charge is -2.18.